The van der Waals surface area contributed by atoms with Crippen LogP contribution in [0.25, 0.3) is 0 Å². The van der Waals surface area contributed by atoms with E-state index in [1.807, 2.05) is 0 Å². The van der Waals surface area contributed by atoms with Crippen LogP contribution in [0.3, 0.4) is 0 Å². The number of unbranched alkanes of at least 4 members (excludes halogenated alkanes) is 2. The second-order valence-corrected chi connectivity index (χ2v) is 5.65. The fourth-order valence-corrected chi connectivity index (χ4v) is 2.62. The Hall–Kier alpha value is -1.10. The summed E-state index contributed by atoms with van der Waals surface area (Å²) in [6, 6.07) is 0. The Labute approximate surface area is 114 Å². The van der Waals surface area contributed by atoms with Crippen molar-refractivity contribution in [1.82, 2.24) is 5.32 Å². The number of carboxylic acids is 1. The first kappa shape index (κ1) is 16.0. The van der Waals surface area contributed by atoms with Gasteiger partial charge < -0.3 is 16.2 Å². The van der Waals surface area contributed by atoms with E-state index in [4.69, 9.17) is 10.8 Å². The summed E-state index contributed by atoms with van der Waals surface area (Å²) in [4.78, 5) is 22.1. The van der Waals surface area contributed by atoms with Crippen LogP contribution in [0, 0.1) is 0 Å². The summed E-state index contributed by atoms with van der Waals surface area (Å²) in [6.07, 6.45) is 8.32. The van der Waals surface area contributed by atoms with Gasteiger partial charge in [-0.05, 0) is 25.7 Å². The Morgan fingerprint density at radius 3 is 2.42 bits per heavy atom. The average molecular weight is 270 g/mol. The van der Waals surface area contributed by atoms with Gasteiger partial charge >= 0.3 is 5.97 Å². The number of aliphatic carboxylic acids is 1. The second-order valence-electron chi connectivity index (χ2n) is 5.65. The zero-order valence-corrected chi connectivity index (χ0v) is 11.6. The highest BCUT2D eigenvalue weighted by Crippen LogP contribution is 2.28. The van der Waals surface area contributed by atoms with Crippen LogP contribution in [0.1, 0.15) is 64.2 Å². The van der Waals surface area contributed by atoms with Crippen molar-refractivity contribution in [3.8, 4) is 0 Å². The van der Waals surface area contributed by atoms with Crippen LogP contribution in [-0.4, -0.2) is 29.1 Å². The number of hydrogen-bond donors (Lipinski definition) is 3. The molecular formula is C14H26N2O3. The minimum absolute atomic E-state index is 0.0302. The number of carbonyl (C=O) groups excluding carboxylic acids is 1. The molecule has 1 saturated carbocycles. The molecule has 0 heterocycles. The number of rotatable bonds is 8. The molecule has 0 spiro atoms. The minimum atomic E-state index is -0.758. The molecule has 110 valence electrons. The van der Waals surface area contributed by atoms with E-state index in [9.17, 15) is 9.59 Å². The predicted molar refractivity (Wildman–Crippen MR) is 73.7 cm³/mol. The van der Waals surface area contributed by atoms with Crippen LogP contribution in [-0.2, 0) is 9.59 Å². The van der Waals surface area contributed by atoms with E-state index in [0.29, 0.717) is 19.4 Å². The Bertz CT molecular complexity index is 299. The topological polar surface area (TPSA) is 92.4 Å². The quantitative estimate of drug-likeness (QED) is 0.586. The third-order valence-electron chi connectivity index (χ3n) is 3.75. The van der Waals surface area contributed by atoms with Crippen LogP contribution in [0.5, 0.6) is 0 Å². The molecule has 0 radical (unpaired) electrons. The third-order valence-corrected chi connectivity index (χ3v) is 3.75. The lowest BCUT2D eigenvalue weighted by atomic mass is 9.80. The summed E-state index contributed by atoms with van der Waals surface area (Å²) in [7, 11) is 0. The summed E-state index contributed by atoms with van der Waals surface area (Å²) in [6.45, 7) is 0.620. The number of carboxylic acid groups (broad SMARTS) is 1. The van der Waals surface area contributed by atoms with Crippen molar-refractivity contribution in [2.45, 2.75) is 69.7 Å². The average Bonchev–Trinajstić information content (AvgIpc) is 2.33. The maximum Gasteiger partial charge on any atom is 0.303 e. The van der Waals surface area contributed by atoms with Crippen molar-refractivity contribution in [3.05, 3.63) is 0 Å². The van der Waals surface area contributed by atoms with E-state index < -0.39 is 5.97 Å². The van der Waals surface area contributed by atoms with Crippen molar-refractivity contribution >= 4 is 11.9 Å². The van der Waals surface area contributed by atoms with E-state index in [2.05, 4.69) is 5.32 Å². The molecule has 5 heteroatoms. The van der Waals surface area contributed by atoms with Crippen molar-refractivity contribution < 1.29 is 14.7 Å². The molecular weight excluding hydrogens is 244 g/mol. The third kappa shape index (κ3) is 7.15. The Morgan fingerprint density at radius 1 is 1.11 bits per heavy atom. The molecule has 0 unspecified atom stereocenters. The molecule has 0 aromatic rings. The molecule has 0 aromatic heterocycles. The fraction of sp³-hybridized carbons (Fsp3) is 0.857. The zero-order chi connectivity index (χ0) is 14.1. The monoisotopic (exact) mass is 270 g/mol. The summed E-state index contributed by atoms with van der Waals surface area (Å²) in [5, 5.41) is 11.4. The van der Waals surface area contributed by atoms with Crippen molar-refractivity contribution in [2.24, 2.45) is 5.73 Å². The van der Waals surface area contributed by atoms with E-state index >= 15 is 0 Å². The number of amides is 1. The highest BCUT2D eigenvalue weighted by atomic mass is 16.4. The molecule has 4 N–H and O–H groups in total. The largest absolute Gasteiger partial charge is 0.481 e. The molecule has 1 rings (SSSR count). The summed E-state index contributed by atoms with van der Waals surface area (Å²) in [5.74, 6) is -0.728. The number of hydrogen-bond acceptors (Lipinski definition) is 3. The van der Waals surface area contributed by atoms with Gasteiger partial charge in [0.15, 0.2) is 0 Å². The molecule has 19 heavy (non-hydrogen) atoms. The minimum Gasteiger partial charge on any atom is -0.481 e. The lowest BCUT2D eigenvalue weighted by molar-refractivity contribution is -0.137. The first-order valence-corrected chi connectivity index (χ1v) is 7.29. The van der Waals surface area contributed by atoms with Crippen LogP contribution in [0.4, 0.5) is 0 Å². The molecule has 5 nitrogen and oxygen atoms in total. The molecule has 0 aromatic carbocycles. The Morgan fingerprint density at radius 2 is 1.79 bits per heavy atom. The molecule has 0 aliphatic heterocycles. The smallest absolute Gasteiger partial charge is 0.303 e. The Balaban J connectivity index is 2.06. The summed E-state index contributed by atoms with van der Waals surface area (Å²) in [5.41, 5.74) is 5.92. The highest BCUT2D eigenvalue weighted by molar-refractivity contribution is 5.77. The number of carbonyl (C=O) groups is 2. The van der Waals surface area contributed by atoms with Gasteiger partial charge in [-0.2, -0.15) is 0 Å². The van der Waals surface area contributed by atoms with E-state index in [-0.39, 0.29) is 17.9 Å². The van der Waals surface area contributed by atoms with Crippen LogP contribution < -0.4 is 11.1 Å². The van der Waals surface area contributed by atoms with Gasteiger partial charge in [0.25, 0.3) is 0 Å². The summed E-state index contributed by atoms with van der Waals surface area (Å²) < 4.78 is 0. The normalized spacial score (nSPS) is 17.9. The van der Waals surface area contributed by atoms with Crippen molar-refractivity contribution in [1.29, 1.82) is 0 Å². The molecule has 1 fully saturated rings. The van der Waals surface area contributed by atoms with Crippen LogP contribution in [0.2, 0.25) is 0 Å². The van der Waals surface area contributed by atoms with Gasteiger partial charge in [-0.1, -0.05) is 25.7 Å². The van der Waals surface area contributed by atoms with Crippen molar-refractivity contribution in [3.63, 3.8) is 0 Å². The lowest BCUT2D eigenvalue weighted by Crippen LogP contribution is -2.46. The molecule has 1 aliphatic rings. The van der Waals surface area contributed by atoms with Gasteiger partial charge in [-0.25, -0.2) is 0 Å². The van der Waals surface area contributed by atoms with Gasteiger partial charge in [0, 0.05) is 24.9 Å². The number of nitrogens with two attached hydrogens (primary N) is 1. The maximum absolute atomic E-state index is 11.8. The first-order valence-electron chi connectivity index (χ1n) is 7.29. The van der Waals surface area contributed by atoms with E-state index in [0.717, 1.165) is 38.5 Å². The van der Waals surface area contributed by atoms with Gasteiger partial charge in [0.2, 0.25) is 5.91 Å². The Kier molecular flexibility index (Phi) is 6.84. The fourth-order valence-electron chi connectivity index (χ4n) is 2.62. The van der Waals surface area contributed by atoms with Gasteiger partial charge in [-0.15, -0.1) is 0 Å². The molecule has 0 atom stereocenters. The van der Waals surface area contributed by atoms with Gasteiger partial charge in [-0.3, -0.25) is 9.59 Å². The van der Waals surface area contributed by atoms with E-state index in [1.165, 1.54) is 6.42 Å². The number of nitrogens with one attached hydrogen (secondary N) is 1. The standard InChI is InChI=1S/C14H26N2O3/c15-14(8-4-2-5-9-14)11-12(17)16-10-6-1-3-7-13(18)19/h1-11,15H2,(H,16,17)(H,18,19). The summed E-state index contributed by atoms with van der Waals surface area (Å²) >= 11 is 0. The molecule has 0 saturated heterocycles. The van der Waals surface area contributed by atoms with Crippen LogP contribution >= 0.6 is 0 Å². The molecule has 1 aliphatic carbocycles. The maximum atomic E-state index is 11.8. The van der Waals surface area contributed by atoms with Gasteiger partial charge in [0.1, 0.15) is 0 Å². The predicted octanol–water partition coefficient (Wildman–Crippen LogP) is 1.80. The highest BCUT2D eigenvalue weighted by Gasteiger charge is 2.29. The molecule has 1 amide bonds. The van der Waals surface area contributed by atoms with Crippen molar-refractivity contribution in [2.75, 3.05) is 6.54 Å². The second kappa shape index (κ2) is 8.15. The zero-order valence-electron chi connectivity index (χ0n) is 11.6. The van der Waals surface area contributed by atoms with Crippen LogP contribution in [0.15, 0.2) is 0 Å². The van der Waals surface area contributed by atoms with E-state index in [1.54, 1.807) is 0 Å². The SMILES string of the molecule is NC1(CC(=O)NCCCCCC(=O)O)CCCCC1. The molecule has 0 bridgehead atoms. The first-order chi connectivity index (χ1) is 9.02. The lowest BCUT2D eigenvalue weighted by Gasteiger charge is -2.32. The van der Waals surface area contributed by atoms with Gasteiger partial charge in [0.05, 0.1) is 0 Å².